The summed E-state index contributed by atoms with van der Waals surface area (Å²) in [6.07, 6.45) is 0. The zero-order chi connectivity index (χ0) is 10.6. The minimum absolute atomic E-state index is 0.589. The number of hydrogen-bond donors (Lipinski definition) is 0. The number of halogens is 1. The molecule has 1 rings (SSSR count). The maximum Gasteiger partial charge on any atom is 0.0494 e. The van der Waals surface area contributed by atoms with Crippen molar-refractivity contribution in [3.8, 4) is 0 Å². The molecule has 0 unspecified atom stereocenters. The highest BCUT2D eigenvalue weighted by Crippen LogP contribution is 2.23. The van der Waals surface area contributed by atoms with Crippen LogP contribution in [0.2, 0.25) is 0 Å². The van der Waals surface area contributed by atoms with Crippen molar-refractivity contribution >= 4 is 17.3 Å². The van der Waals surface area contributed by atoms with Crippen molar-refractivity contribution in [1.82, 2.24) is 0 Å². The van der Waals surface area contributed by atoms with E-state index in [0.717, 1.165) is 13.1 Å². The second-order valence-corrected chi connectivity index (χ2v) is 3.71. The number of rotatable bonds is 4. The molecule has 0 heterocycles. The summed E-state index contributed by atoms with van der Waals surface area (Å²) in [5, 5.41) is 0. The van der Waals surface area contributed by atoms with Gasteiger partial charge in [-0.2, -0.15) is 0 Å². The Bertz CT molecular complexity index is 292. The predicted molar refractivity (Wildman–Crippen MR) is 64.3 cm³/mol. The minimum Gasteiger partial charge on any atom is -0.372 e. The number of alkyl halides is 1. The maximum absolute atomic E-state index is 5.92. The van der Waals surface area contributed by atoms with Crippen LogP contribution in [0.25, 0.3) is 0 Å². The van der Waals surface area contributed by atoms with Crippen LogP contribution in [0.3, 0.4) is 0 Å². The van der Waals surface area contributed by atoms with Crippen molar-refractivity contribution in [3.63, 3.8) is 0 Å². The van der Waals surface area contributed by atoms with Gasteiger partial charge >= 0.3 is 0 Å². The highest BCUT2D eigenvalue weighted by Gasteiger charge is 2.07. The van der Waals surface area contributed by atoms with E-state index in [9.17, 15) is 0 Å². The van der Waals surface area contributed by atoms with Gasteiger partial charge in [0.25, 0.3) is 0 Å². The fraction of sp³-hybridized carbons (Fsp3) is 0.500. The second-order valence-electron chi connectivity index (χ2n) is 3.44. The van der Waals surface area contributed by atoms with Crippen molar-refractivity contribution < 1.29 is 0 Å². The second kappa shape index (κ2) is 5.26. The van der Waals surface area contributed by atoms with Gasteiger partial charge in [-0.05, 0) is 38.0 Å². The van der Waals surface area contributed by atoms with Crippen molar-refractivity contribution in [3.05, 3.63) is 29.3 Å². The monoisotopic (exact) mass is 211 g/mol. The van der Waals surface area contributed by atoms with Gasteiger partial charge in [-0.25, -0.2) is 0 Å². The van der Waals surface area contributed by atoms with Crippen LogP contribution < -0.4 is 4.90 Å². The number of aryl methyl sites for hydroxylation is 1. The molecule has 0 amide bonds. The normalized spacial score (nSPS) is 10.3. The Morgan fingerprint density at radius 3 is 2.36 bits per heavy atom. The van der Waals surface area contributed by atoms with Gasteiger partial charge in [-0.15, -0.1) is 11.6 Å². The van der Waals surface area contributed by atoms with Crippen molar-refractivity contribution in [1.29, 1.82) is 0 Å². The standard InChI is InChI=1S/C12H18ClN/c1-4-14(5-2)12-8-10(3)6-7-11(12)9-13/h6-8H,4-5,9H2,1-3H3. The minimum atomic E-state index is 0.589. The first-order chi connectivity index (χ1) is 6.72. The van der Waals surface area contributed by atoms with Crippen molar-refractivity contribution in [2.45, 2.75) is 26.7 Å². The fourth-order valence-corrected chi connectivity index (χ4v) is 1.87. The highest BCUT2D eigenvalue weighted by atomic mass is 35.5. The molecule has 0 aliphatic heterocycles. The lowest BCUT2D eigenvalue weighted by Gasteiger charge is -2.24. The van der Waals surface area contributed by atoms with E-state index >= 15 is 0 Å². The van der Waals surface area contributed by atoms with E-state index in [-0.39, 0.29) is 0 Å². The van der Waals surface area contributed by atoms with Crippen molar-refractivity contribution in [2.75, 3.05) is 18.0 Å². The van der Waals surface area contributed by atoms with Crippen LogP contribution in [0, 0.1) is 6.92 Å². The zero-order valence-corrected chi connectivity index (χ0v) is 9.93. The molecule has 14 heavy (non-hydrogen) atoms. The summed E-state index contributed by atoms with van der Waals surface area (Å²) in [6, 6.07) is 6.45. The molecule has 78 valence electrons. The molecule has 0 saturated carbocycles. The molecule has 0 radical (unpaired) electrons. The topological polar surface area (TPSA) is 3.24 Å². The number of anilines is 1. The van der Waals surface area contributed by atoms with Gasteiger partial charge in [0.1, 0.15) is 0 Å². The molecule has 0 fully saturated rings. The molecule has 0 N–H and O–H groups in total. The van der Waals surface area contributed by atoms with Crippen LogP contribution in [0.15, 0.2) is 18.2 Å². The highest BCUT2D eigenvalue weighted by molar-refractivity contribution is 6.17. The van der Waals surface area contributed by atoms with E-state index in [4.69, 9.17) is 11.6 Å². The molecular weight excluding hydrogens is 194 g/mol. The molecule has 0 aliphatic carbocycles. The van der Waals surface area contributed by atoms with E-state index in [1.807, 2.05) is 0 Å². The number of nitrogens with zero attached hydrogens (tertiary/aromatic N) is 1. The summed E-state index contributed by atoms with van der Waals surface area (Å²) in [4.78, 5) is 2.34. The first-order valence-corrected chi connectivity index (χ1v) is 5.66. The molecule has 2 heteroatoms. The van der Waals surface area contributed by atoms with Gasteiger partial charge in [0.05, 0.1) is 0 Å². The fourth-order valence-electron chi connectivity index (χ4n) is 1.65. The van der Waals surface area contributed by atoms with E-state index in [1.165, 1.54) is 16.8 Å². The summed E-state index contributed by atoms with van der Waals surface area (Å²) in [5.74, 6) is 0.589. The quantitative estimate of drug-likeness (QED) is 0.689. The van der Waals surface area contributed by atoms with E-state index in [2.05, 4.69) is 43.9 Å². The SMILES string of the molecule is CCN(CC)c1cc(C)ccc1CCl. The van der Waals surface area contributed by atoms with E-state index < -0.39 is 0 Å². The Balaban J connectivity index is 3.08. The molecule has 0 aromatic heterocycles. The Kier molecular flexibility index (Phi) is 4.27. The molecule has 1 nitrogen and oxygen atoms in total. The molecular formula is C12H18ClN. The van der Waals surface area contributed by atoms with Crippen LogP contribution >= 0.6 is 11.6 Å². The van der Waals surface area contributed by atoms with Gasteiger partial charge < -0.3 is 4.90 Å². The molecule has 0 aliphatic rings. The summed E-state index contributed by atoms with van der Waals surface area (Å²) in [6.45, 7) is 8.52. The van der Waals surface area contributed by atoms with Crippen LogP contribution in [0.4, 0.5) is 5.69 Å². The van der Waals surface area contributed by atoms with Gasteiger partial charge in [-0.3, -0.25) is 0 Å². The van der Waals surface area contributed by atoms with E-state index in [1.54, 1.807) is 0 Å². The molecule has 1 aromatic carbocycles. The molecule has 0 saturated heterocycles. The Labute approximate surface area is 91.7 Å². The van der Waals surface area contributed by atoms with Gasteiger partial charge in [0, 0.05) is 24.7 Å². The zero-order valence-electron chi connectivity index (χ0n) is 9.18. The summed E-state index contributed by atoms with van der Waals surface area (Å²) in [7, 11) is 0. The lowest BCUT2D eigenvalue weighted by Crippen LogP contribution is -2.23. The van der Waals surface area contributed by atoms with E-state index in [0.29, 0.717) is 5.88 Å². The average Bonchev–Trinajstić information content (AvgIpc) is 2.20. The third-order valence-electron chi connectivity index (χ3n) is 2.49. The third kappa shape index (κ3) is 2.42. The Hall–Kier alpha value is -0.690. The predicted octanol–water partition coefficient (Wildman–Crippen LogP) is 3.58. The molecule has 0 bridgehead atoms. The Morgan fingerprint density at radius 2 is 1.86 bits per heavy atom. The Morgan fingerprint density at radius 1 is 1.21 bits per heavy atom. The van der Waals surface area contributed by atoms with Crippen LogP contribution in [0.1, 0.15) is 25.0 Å². The lowest BCUT2D eigenvalue weighted by atomic mass is 10.1. The van der Waals surface area contributed by atoms with Crippen LogP contribution in [-0.4, -0.2) is 13.1 Å². The molecule has 0 spiro atoms. The largest absolute Gasteiger partial charge is 0.372 e. The van der Waals surface area contributed by atoms with Gasteiger partial charge in [0.15, 0.2) is 0 Å². The van der Waals surface area contributed by atoms with Gasteiger partial charge in [-0.1, -0.05) is 12.1 Å². The molecule has 0 atom stereocenters. The third-order valence-corrected chi connectivity index (χ3v) is 2.78. The molecule has 1 aromatic rings. The van der Waals surface area contributed by atoms with Crippen LogP contribution in [0.5, 0.6) is 0 Å². The summed E-state index contributed by atoms with van der Waals surface area (Å²) in [5.41, 5.74) is 3.80. The summed E-state index contributed by atoms with van der Waals surface area (Å²) < 4.78 is 0. The van der Waals surface area contributed by atoms with Crippen LogP contribution in [-0.2, 0) is 5.88 Å². The average molecular weight is 212 g/mol. The smallest absolute Gasteiger partial charge is 0.0494 e. The summed E-state index contributed by atoms with van der Waals surface area (Å²) >= 11 is 5.92. The van der Waals surface area contributed by atoms with Gasteiger partial charge in [0.2, 0.25) is 0 Å². The first-order valence-electron chi connectivity index (χ1n) is 5.13. The number of hydrogen-bond acceptors (Lipinski definition) is 1. The number of benzene rings is 1. The first kappa shape index (κ1) is 11.4. The van der Waals surface area contributed by atoms with Crippen molar-refractivity contribution in [2.24, 2.45) is 0 Å². The lowest BCUT2D eigenvalue weighted by molar-refractivity contribution is 0.860. The maximum atomic E-state index is 5.92.